The molecule has 0 unspecified atom stereocenters. The molecule has 8 heteroatoms. The Morgan fingerprint density at radius 3 is 2.27 bits per heavy atom. The average molecular weight is 387 g/mol. The van der Waals surface area contributed by atoms with Crippen LogP contribution in [0.1, 0.15) is 24.4 Å². The molecule has 1 aromatic heterocycles. The zero-order chi connectivity index (χ0) is 16.3. The Labute approximate surface area is 137 Å². The highest BCUT2D eigenvalue weighted by Crippen LogP contribution is 2.18. The van der Waals surface area contributed by atoms with E-state index >= 15 is 0 Å². The molecule has 0 bridgehead atoms. The Bertz CT molecular complexity index is 766. The highest BCUT2D eigenvalue weighted by molar-refractivity contribution is 9.10. The van der Waals surface area contributed by atoms with Gasteiger partial charge in [-0.15, -0.1) is 0 Å². The quantitative estimate of drug-likeness (QED) is 0.826. The van der Waals surface area contributed by atoms with Crippen molar-refractivity contribution in [3.63, 3.8) is 0 Å². The number of hydrogen-bond acceptors (Lipinski definition) is 4. The molecule has 0 aliphatic heterocycles. The second-order valence-corrected chi connectivity index (χ2v) is 7.35. The van der Waals surface area contributed by atoms with Gasteiger partial charge in [-0.2, -0.15) is 0 Å². The van der Waals surface area contributed by atoms with E-state index in [0.29, 0.717) is 10.4 Å². The predicted molar refractivity (Wildman–Crippen MR) is 86.3 cm³/mol. The number of anilines is 1. The molecule has 0 aliphatic rings. The van der Waals surface area contributed by atoms with Gasteiger partial charge in [-0.3, -0.25) is 4.79 Å². The molecule has 0 radical (unpaired) electrons. The number of carbonyl (C=O) groups is 1. The number of carbonyl (C=O) groups excluding carboxylic acids is 1. The molecule has 0 spiro atoms. The van der Waals surface area contributed by atoms with Crippen LogP contribution in [0.2, 0.25) is 0 Å². The van der Waals surface area contributed by atoms with E-state index in [1.165, 1.54) is 30.3 Å². The van der Waals surface area contributed by atoms with Crippen LogP contribution in [-0.2, 0) is 10.0 Å². The molecule has 1 amide bonds. The van der Waals surface area contributed by atoms with Crippen molar-refractivity contribution in [2.24, 2.45) is 0 Å². The van der Waals surface area contributed by atoms with Crippen molar-refractivity contribution < 1.29 is 17.6 Å². The lowest BCUT2D eigenvalue weighted by atomic mass is 10.3. The first-order valence-electron chi connectivity index (χ1n) is 6.47. The fourth-order valence-corrected chi connectivity index (χ4v) is 3.28. The number of sulfonamides is 1. The fraction of sp³-hybridized carbons (Fsp3) is 0.214. The number of benzene rings is 1. The molecule has 0 saturated heterocycles. The summed E-state index contributed by atoms with van der Waals surface area (Å²) >= 11 is 3.12. The van der Waals surface area contributed by atoms with Crippen LogP contribution in [0.15, 0.2) is 50.4 Å². The predicted octanol–water partition coefficient (Wildman–Crippen LogP) is 2.98. The molecule has 0 atom stereocenters. The van der Waals surface area contributed by atoms with Gasteiger partial charge in [0.15, 0.2) is 10.4 Å². The maximum Gasteiger partial charge on any atom is 0.291 e. The number of hydrogen-bond donors (Lipinski definition) is 2. The lowest BCUT2D eigenvalue weighted by Crippen LogP contribution is -2.30. The molecule has 2 N–H and O–H groups in total. The van der Waals surface area contributed by atoms with Crippen molar-refractivity contribution in [1.29, 1.82) is 0 Å². The summed E-state index contributed by atoms with van der Waals surface area (Å²) in [5.74, 6) is -0.258. The van der Waals surface area contributed by atoms with Gasteiger partial charge < -0.3 is 9.73 Å². The molecule has 0 aliphatic carbocycles. The summed E-state index contributed by atoms with van der Waals surface area (Å²) in [7, 11) is -3.54. The molecule has 2 rings (SSSR count). The van der Waals surface area contributed by atoms with Crippen molar-refractivity contribution in [2.45, 2.75) is 24.8 Å². The Balaban J connectivity index is 2.11. The van der Waals surface area contributed by atoms with Crippen molar-refractivity contribution in [2.75, 3.05) is 5.32 Å². The molecular formula is C14H15BrN2O4S. The van der Waals surface area contributed by atoms with Gasteiger partial charge in [0, 0.05) is 11.7 Å². The summed E-state index contributed by atoms with van der Waals surface area (Å²) in [6.07, 6.45) is 0. The van der Waals surface area contributed by atoms with Gasteiger partial charge in [0.25, 0.3) is 5.91 Å². The van der Waals surface area contributed by atoms with E-state index in [4.69, 9.17) is 4.42 Å². The van der Waals surface area contributed by atoms with Gasteiger partial charge in [-0.05, 0) is 66.2 Å². The molecular weight excluding hydrogens is 372 g/mol. The summed E-state index contributed by atoms with van der Waals surface area (Å²) in [6, 6.07) is 8.85. The smallest absolute Gasteiger partial charge is 0.291 e. The van der Waals surface area contributed by atoms with E-state index in [2.05, 4.69) is 26.0 Å². The molecule has 6 nitrogen and oxygen atoms in total. The summed E-state index contributed by atoms with van der Waals surface area (Å²) in [4.78, 5) is 12.0. The Kier molecular flexibility index (Phi) is 5.05. The van der Waals surface area contributed by atoms with Crippen molar-refractivity contribution in [3.05, 3.63) is 46.8 Å². The first kappa shape index (κ1) is 16.7. The van der Waals surface area contributed by atoms with E-state index in [0.717, 1.165) is 0 Å². The van der Waals surface area contributed by atoms with E-state index in [9.17, 15) is 13.2 Å². The minimum Gasteiger partial charge on any atom is -0.444 e. The van der Waals surface area contributed by atoms with Crippen molar-refractivity contribution in [3.8, 4) is 0 Å². The van der Waals surface area contributed by atoms with E-state index in [-0.39, 0.29) is 16.7 Å². The highest BCUT2D eigenvalue weighted by atomic mass is 79.9. The largest absolute Gasteiger partial charge is 0.444 e. The first-order chi connectivity index (χ1) is 10.3. The minimum atomic E-state index is -3.54. The minimum absolute atomic E-state index is 0.139. The second-order valence-electron chi connectivity index (χ2n) is 4.86. The average Bonchev–Trinajstić information content (AvgIpc) is 2.85. The summed E-state index contributed by atoms with van der Waals surface area (Å²) in [6.45, 7) is 3.49. The molecule has 0 fully saturated rings. The van der Waals surface area contributed by atoms with Crippen LogP contribution in [0.3, 0.4) is 0 Å². The summed E-state index contributed by atoms with van der Waals surface area (Å²) in [5, 5.41) is 2.62. The third-order valence-corrected chi connectivity index (χ3v) is 4.71. The molecule has 2 aromatic rings. The fourth-order valence-electron chi connectivity index (χ4n) is 1.72. The van der Waals surface area contributed by atoms with Crippen LogP contribution < -0.4 is 10.0 Å². The molecule has 118 valence electrons. The van der Waals surface area contributed by atoms with Crippen LogP contribution in [0.25, 0.3) is 0 Å². The van der Waals surface area contributed by atoms with Gasteiger partial charge in [0.1, 0.15) is 0 Å². The summed E-state index contributed by atoms with van der Waals surface area (Å²) in [5.41, 5.74) is 0.473. The zero-order valence-electron chi connectivity index (χ0n) is 12.0. The van der Waals surface area contributed by atoms with Crippen molar-refractivity contribution in [1.82, 2.24) is 4.72 Å². The number of amides is 1. The van der Waals surface area contributed by atoms with Gasteiger partial charge in [0.05, 0.1) is 4.90 Å². The van der Waals surface area contributed by atoms with Crippen LogP contribution >= 0.6 is 15.9 Å². The lowest BCUT2D eigenvalue weighted by Gasteiger charge is -2.10. The maximum absolute atomic E-state index is 12.0. The normalized spacial score (nSPS) is 11.6. The van der Waals surface area contributed by atoms with Crippen LogP contribution in [0.4, 0.5) is 5.69 Å². The first-order valence-corrected chi connectivity index (χ1v) is 8.74. The van der Waals surface area contributed by atoms with Gasteiger partial charge >= 0.3 is 0 Å². The molecule has 1 heterocycles. The second kappa shape index (κ2) is 6.64. The third-order valence-electron chi connectivity index (χ3n) is 2.61. The molecule has 0 saturated carbocycles. The van der Waals surface area contributed by atoms with Crippen LogP contribution in [-0.4, -0.2) is 20.4 Å². The Morgan fingerprint density at radius 1 is 1.14 bits per heavy atom. The number of halogens is 1. The summed E-state index contributed by atoms with van der Waals surface area (Å²) < 4.78 is 32.0. The Morgan fingerprint density at radius 2 is 1.77 bits per heavy atom. The lowest BCUT2D eigenvalue weighted by molar-refractivity contribution is 0.0995. The standard InChI is InChI=1S/C14H15BrN2O4S/c1-9(2)17-22(19,20)11-5-3-10(4-6-11)16-14(18)12-7-8-13(15)21-12/h3-9,17H,1-2H3,(H,16,18). The van der Waals surface area contributed by atoms with E-state index < -0.39 is 15.9 Å². The van der Waals surface area contributed by atoms with E-state index in [1.54, 1.807) is 19.9 Å². The van der Waals surface area contributed by atoms with Gasteiger partial charge in [-0.25, -0.2) is 13.1 Å². The third kappa shape index (κ3) is 4.19. The van der Waals surface area contributed by atoms with Gasteiger partial charge in [0.2, 0.25) is 10.0 Å². The number of furan rings is 1. The number of rotatable bonds is 5. The highest BCUT2D eigenvalue weighted by Gasteiger charge is 2.16. The maximum atomic E-state index is 12.0. The van der Waals surface area contributed by atoms with Gasteiger partial charge in [-0.1, -0.05) is 0 Å². The molecule has 1 aromatic carbocycles. The molecule has 22 heavy (non-hydrogen) atoms. The Hall–Kier alpha value is -1.64. The zero-order valence-corrected chi connectivity index (χ0v) is 14.4. The van der Waals surface area contributed by atoms with Crippen LogP contribution in [0.5, 0.6) is 0 Å². The number of nitrogens with one attached hydrogen (secondary N) is 2. The topological polar surface area (TPSA) is 88.4 Å². The SMILES string of the molecule is CC(C)NS(=O)(=O)c1ccc(NC(=O)c2ccc(Br)o2)cc1. The van der Waals surface area contributed by atoms with Crippen LogP contribution in [0, 0.1) is 0 Å². The van der Waals surface area contributed by atoms with Crippen molar-refractivity contribution >= 4 is 37.5 Å². The van der Waals surface area contributed by atoms with E-state index in [1.807, 2.05) is 0 Å². The monoisotopic (exact) mass is 386 g/mol.